The van der Waals surface area contributed by atoms with E-state index in [0.717, 1.165) is 17.7 Å². The van der Waals surface area contributed by atoms with Crippen LogP contribution in [0.4, 0.5) is 13.2 Å². The molecule has 4 nitrogen and oxygen atoms in total. The van der Waals surface area contributed by atoms with Gasteiger partial charge in [-0.3, -0.25) is 9.88 Å². The number of aliphatic hydroxyl groups is 1. The Labute approximate surface area is 176 Å². The smallest absolute Gasteiger partial charge is 0.416 e. The molecule has 158 valence electrons. The Hall–Kier alpha value is -2.90. The summed E-state index contributed by atoms with van der Waals surface area (Å²) in [7, 11) is 0. The van der Waals surface area contributed by atoms with Gasteiger partial charge in [0.2, 0.25) is 0 Å². The second-order valence-corrected chi connectivity index (χ2v) is 6.71. The molecule has 0 aliphatic rings. The summed E-state index contributed by atoms with van der Waals surface area (Å²) in [5.74, 6) is 0.182. The van der Waals surface area contributed by atoms with Crippen molar-refractivity contribution in [1.29, 1.82) is 0 Å². The van der Waals surface area contributed by atoms with Gasteiger partial charge in [-0.25, -0.2) is 0 Å². The molecule has 0 saturated heterocycles. The summed E-state index contributed by atoms with van der Waals surface area (Å²) in [6, 6.07) is 16.7. The molecule has 1 unspecified atom stereocenters. The van der Waals surface area contributed by atoms with Crippen molar-refractivity contribution in [2.45, 2.75) is 25.3 Å². The zero-order valence-corrected chi connectivity index (χ0v) is 16.1. The Kier molecular flexibility index (Phi) is 6.51. The maximum atomic E-state index is 12.7. The van der Waals surface area contributed by atoms with Crippen LogP contribution in [0.25, 0.3) is 0 Å². The van der Waals surface area contributed by atoms with E-state index in [2.05, 4.69) is 4.98 Å². The number of aromatic nitrogens is 1. The molecule has 0 aliphatic carbocycles. The fraction of sp³-hybridized carbons (Fsp3) is 0.261. The molecular weight excluding hydrogens is 393 g/mol. The summed E-state index contributed by atoms with van der Waals surface area (Å²) in [5.41, 5.74) is 0.409. The zero-order valence-electron chi connectivity index (χ0n) is 18.1. The van der Waals surface area contributed by atoms with Crippen molar-refractivity contribution in [2.75, 3.05) is 13.2 Å². The summed E-state index contributed by atoms with van der Waals surface area (Å²) < 4.78 is 60.7. The first-order chi connectivity index (χ1) is 15.2. The minimum absolute atomic E-state index is 0.0720. The molecule has 0 fully saturated rings. The minimum Gasteiger partial charge on any atom is -0.491 e. The maximum Gasteiger partial charge on any atom is 0.416 e. The van der Waals surface area contributed by atoms with Crippen LogP contribution in [-0.4, -0.2) is 34.2 Å². The molecule has 3 rings (SSSR count). The molecule has 30 heavy (non-hydrogen) atoms. The van der Waals surface area contributed by atoms with Gasteiger partial charge < -0.3 is 9.84 Å². The number of rotatable bonds is 9. The molecule has 3 aromatic rings. The zero-order chi connectivity index (χ0) is 23.2. The van der Waals surface area contributed by atoms with Gasteiger partial charge >= 0.3 is 6.18 Å². The van der Waals surface area contributed by atoms with Gasteiger partial charge in [0.1, 0.15) is 18.5 Å². The van der Waals surface area contributed by atoms with Gasteiger partial charge in [-0.2, -0.15) is 13.2 Å². The van der Waals surface area contributed by atoms with E-state index in [1.165, 1.54) is 23.2 Å². The van der Waals surface area contributed by atoms with Crippen LogP contribution in [0.15, 0.2) is 79.1 Å². The van der Waals surface area contributed by atoms with Crippen LogP contribution in [0.5, 0.6) is 5.75 Å². The molecule has 0 amide bonds. The van der Waals surface area contributed by atoms with E-state index in [1.54, 1.807) is 18.3 Å². The van der Waals surface area contributed by atoms with Crippen LogP contribution in [-0.2, 0) is 19.2 Å². The highest BCUT2D eigenvalue weighted by Gasteiger charge is 2.30. The Morgan fingerprint density at radius 1 is 1.00 bits per heavy atom. The molecule has 0 bridgehead atoms. The molecule has 1 heterocycles. The summed E-state index contributed by atoms with van der Waals surface area (Å²) >= 11 is 0. The van der Waals surface area contributed by atoms with Crippen LogP contribution >= 0.6 is 0 Å². The third kappa shape index (κ3) is 6.86. The van der Waals surface area contributed by atoms with Gasteiger partial charge in [0.15, 0.2) is 0 Å². The fourth-order valence-electron chi connectivity index (χ4n) is 2.80. The largest absolute Gasteiger partial charge is 0.491 e. The molecule has 2 aromatic carbocycles. The topological polar surface area (TPSA) is 45.6 Å². The molecule has 0 radical (unpaired) electrons. The van der Waals surface area contributed by atoms with E-state index in [1.807, 2.05) is 30.3 Å². The number of halogens is 3. The monoisotopic (exact) mass is 418 g/mol. The second-order valence-electron chi connectivity index (χ2n) is 6.71. The van der Waals surface area contributed by atoms with E-state index < -0.39 is 24.3 Å². The Morgan fingerprint density at radius 2 is 1.70 bits per heavy atom. The molecule has 7 heteroatoms. The third-order valence-corrected chi connectivity index (χ3v) is 4.22. The maximum absolute atomic E-state index is 12.7. The molecule has 0 aliphatic heterocycles. The van der Waals surface area contributed by atoms with E-state index in [-0.39, 0.29) is 25.4 Å². The lowest BCUT2D eigenvalue weighted by atomic mass is 10.2. The van der Waals surface area contributed by atoms with Gasteiger partial charge in [0.25, 0.3) is 0 Å². The standard InChI is InChI=1S/C23H23F3N2O2/c24-23(25,26)20-8-10-22(11-9-20)30-17-21(29)16-28(14-18-5-2-1-3-6-18)15-19-7-4-12-27-13-19/h1-13,21,29H,14-17H2/i15D2. The fourth-order valence-corrected chi connectivity index (χ4v) is 2.80. The number of pyridine rings is 1. The quantitative estimate of drug-likeness (QED) is 0.554. The average Bonchev–Trinajstić information content (AvgIpc) is 2.78. The second kappa shape index (κ2) is 10.2. The number of benzene rings is 2. The van der Waals surface area contributed by atoms with Crippen molar-refractivity contribution < 1.29 is 25.8 Å². The number of nitrogens with zero attached hydrogens (tertiary/aromatic N) is 2. The Morgan fingerprint density at radius 3 is 2.33 bits per heavy atom. The first-order valence-electron chi connectivity index (χ1n) is 10.3. The van der Waals surface area contributed by atoms with Crippen LogP contribution < -0.4 is 4.74 Å². The molecule has 1 aromatic heterocycles. The highest BCUT2D eigenvalue weighted by Crippen LogP contribution is 2.30. The minimum atomic E-state index is -4.44. The van der Waals surface area contributed by atoms with Crippen molar-refractivity contribution in [3.8, 4) is 5.75 Å². The first-order valence-corrected chi connectivity index (χ1v) is 9.34. The SMILES string of the molecule is [2H]C([2H])(c1cccnc1)N(Cc1ccccc1)CC(O)COc1ccc(C(F)(F)F)cc1. The van der Waals surface area contributed by atoms with Gasteiger partial charge in [-0.15, -0.1) is 0 Å². The number of ether oxygens (including phenoxy) is 1. The number of hydrogen-bond acceptors (Lipinski definition) is 4. The van der Waals surface area contributed by atoms with Crippen molar-refractivity contribution in [2.24, 2.45) is 0 Å². The molecule has 1 atom stereocenters. The van der Waals surface area contributed by atoms with Gasteiger partial charge in [0.05, 0.1) is 5.56 Å². The highest BCUT2D eigenvalue weighted by molar-refractivity contribution is 5.28. The lowest BCUT2D eigenvalue weighted by Crippen LogP contribution is -2.35. The summed E-state index contributed by atoms with van der Waals surface area (Å²) in [6.07, 6.45) is -2.54. The Bertz CT molecular complexity index is 972. The van der Waals surface area contributed by atoms with E-state index in [4.69, 9.17) is 7.48 Å². The van der Waals surface area contributed by atoms with Gasteiger partial charge in [-0.1, -0.05) is 36.4 Å². The number of aliphatic hydroxyl groups excluding tert-OH is 1. The third-order valence-electron chi connectivity index (χ3n) is 4.22. The molecule has 0 spiro atoms. The van der Waals surface area contributed by atoms with Crippen molar-refractivity contribution in [3.05, 3.63) is 95.8 Å². The Balaban J connectivity index is 1.69. The van der Waals surface area contributed by atoms with Crippen molar-refractivity contribution >= 4 is 0 Å². The van der Waals surface area contributed by atoms with Gasteiger partial charge in [0, 0.05) is 34.7 Å². The molecule has 0 saturated carbocycles. The van der Waals surface area contributed by atoms with E-state index in [9.17, 15) is 18.3 Å². The normalized spacial score (nSPS) is 14.2. The van der Waals surface area contributed by atoms with Crippen LogP contribution in [0.2, 0.25) is 0 Å². The molecular formula is C23H23F3N2O2. The van der Waals surface area contributed by atoms with Crippen LogP contribution in [0.1, 0.15) is 19.4 Å². The molecule has 1 N–H and O–H groups in total. The predicted octanol–water partition coefficient (Wildman–Crippen LogP) is 4.54. The lowest BCUT2D eigenvalue weighted by Gasteiger charge is -2.25. The van der Waals surface area contributed by atoms with Crippen molar-refractivity contribution in [1.82, 2.24) is 9.88 Å². The van der Waals surface area contributed by atoms with Gasteiger partial charge in [-0.05, 0) is 41.5 Å². The lowest BCUT2D eigenvalue weighted by molar-refractivity contribution is -0.137. The predicted molar refractivity (Wildman–Crippen MR) is 108 cm³/mol. The number of alkyl halides is 3. The first kappa shape index (κ1) is 19.1. The summed E-state index contributed by atoms with van der Waals surface area (Å²) in [6.45, 7) is -1.99. The van der Waals surface area contributed by atoms with Crippen LogP contribution in [0.3, 0.4) is 0 Å². The number of hydrogen-bond donors (Lipinski definition) is 1. The average molecular weight is 418 g/mol. The van der Waals surface area contributed by atoms with E-state index >= 15 is 0 Å². The van der Waals surface area contributed by atoms with E-state index in [0.29, 0.717) is 5.56 Å². The van der Waals surface area contributed by atoms with Crippen LogP contribution in [0, 0.1) is 0 Å². The highest BCUT2D eigenvalue weighted by atomic mass is 19.4. The summed E-state index contributed by atoms with van der Waals surface area (Å²) in [5, 5.41) is 10.5. The van der Waals surface area contributed by atoms with Crippen molar-refractivity contribution in [3.63, 3.8) is 0 Å². The summed E-state index contributed by atoms with van der Waals surface area (Å²) in [4.78, 5) is 5.46.